The number of halogens is 1. The number of ketones is 1. The van der Waals surface area contributed by atoms with E-state index in [2.05, 4.69) is 38.1 Å². The number of Topliss-reactive ketones (excluding diaryl/α,β-unsaturated/α-hetero) is 1. The molecular formula is C26H36FNOS. The molecule has 0 amide bonds. The number of aromatic nitrogens is 1. The normalized spacial score (nSPS) is 30.8. The summed E-state index contributed by atoms with van der Waals surface area (Å²) in [6, 6.07) is 8.58. The van der Waals surface area contributed by atoms with Crippen LogP contribution in [0.4, 0.5) is 4.39 Å². The Morgan fingerprint density at radius 1 is 1.17 bits per heavy atom. The van der Waals surface area contributed by atoms with E-state index in [-0.39, 0.29) is 23.5 Å². The molecule has 164 valence electrons. The van der Waals surface area contributed by atoms with Gasteiger partial charge in [-0.1, -0.05) is 57.0 Å². The van der Waals surface area contributed by atoms with Crippen LogP contribution < -0.4 is 0 Å². The molecule has 2 aliphatic carbocycles. The number of benzene rings is 1. The standard InChI is InChI=1S/C24H30FNOS.C2H6/c1-14-5-8-17(9-6-14)22-21(19-10-7-15(2)11-20(19)16(3)27)26-23(28-22)18-12-24(4,25)13-18;1-2/h5-6,8-9,15,18-20H,7,10-13H2,1-4H3;1-2H3/t15-,18?,19+,20-,24?;/m0./s1. The van der Waals surface area contributed by atoms with E-state index in [0.717, 1.165) is 30.0 Å². The minimum atomic E-state index is -1.05. The first kappa shape index (κ1) is 23.1. The second-order valence-electron chi connectivity index (χ2n) is 9.39. The molecule has 0 saturated heterocycles. The molecule has 0 bridgehead atoms. The summed E-state index contributed by atoms with van der Waals surface area (Å²) in [6.07, 6.45) is 4.22. The van der Waals surface area contributed by atoms with Gasteiger partial charge in [0.1, 0.15) is 11.5 Å². The monoisotopic (exact) mass is 429 g/mol. The predicted molar refractivity (Wildman–Crippen MR) is 125 cm³/mol. The van der Waals surface area contributed by atoms with Crippen LogP contribution in [0, 0.1) is 18.8 Å². The molecule has 4 rings (SSSR count). The number of thiazole rings is 1. The summed E-state index contributed by atoms with van der Waals surface area (Å²) in [5.74, 6) is 1.32. The van der Waals surface area contributed by atoms with E-state index in [0.29, 0.717) is 18.8 Å². The molecule has 2 fully saturated rings. The Kier molecular flexibility index (Phi) is 7.16. The molecule has 4 heteroatoms. The van der Waals surface area contributed by atoms with Gasteiger partial charge in [-0.15, -0.1) is 11.3 Å². The quantitative estimate of drug-likeness (QED) is 0.495. The molecule has 2 saturated carbocycles. The summed E-state index contributed by atoms with van der Waals surface area (Å²) in [4.78, 5) is 18.7. The van der Waals surface area contributed by atoms with E-state index in [4.69, 9.17) is 4.98 Å². The van der Waals surface area contributed by atoms with Gasteiger partial charge in [-0.2, -0.15) is 0 Å². The predicted octanol–water partition coefficient (Wildman–Crippen LogP) is 7.86. The minimum Gasteiger partial charge on any atom is -0.300 e. The molecule has 0 aliphatic heterocycles. The maximum atomic E-state index is 14.1. The SMILES string of the molecule is CC.CC(=O)[C@@H]1C[C@@H](C)CC[C@H]1c1nc(C2CC(C)(F)C2)sc1-c1ccc(C)cc1. The first-order valence-electron chi connectivity index (χ1n) is 11.5. The Balaban J connectivity index is 0.00000124. The highest BCUT2D eigenvalue weighted by molar-refractivity contribution is 7.15. The summed E-state index contributed by atoms with van der Waals surface area (Å²) in [5, 5.41) is 1.06. The van der Waals surface area contributed by atoms with Gasteiger partial charge in [-0.25, -0.2) is 9.37 Å². The molecule has 3 atom stereocenters. The first-order chi connectivity index (χ1) is 14.2. The molecule has 1 aromatic heterocycles. The van der Waals surface area contributed by atoms with E-state index in [1.165, 1.54) is 16.0 Å². The number of aryl methyl sites for hydroxylation is 1. The van der Waals surface area contributed by atoms with Crippen molar-refractivity contribution in [3.8, 4) is 10.4 Å². The van der Waals surface area contributed by atoms with Crippen molar-refractivity contribution < 1.29 is 9.18 Å². The average molecular weight is 430 g/mol. The first-order valence-corrected chi connectivity index (χ1v) is 12.3. The van der Waals surface area contributed by atoms with Crippen molar-refractivity contribution in [3.63, 3.8) is 0 Å². The Morgan fingerprint density at radius 2 is 1.80 bits per heavy atom. The second-order valence-corrected chi connectivity index (χ2v) is 10.4. The van der Waals surface area contributed by atoms with Crippen LogP contribution in [0.5, 0.6) is 0 Å². The fourth-order valence-electron chi connectivity index (χ4n) is 4.99. The Hall–Kier alpha value is -1.55. The van der Waals surface area contributed by atoms with E-state index in [1.54, 1.807) is 25.2 Å². The van der Waals surface area contributed by atoms with Crippen molar-refractivity contribution >= 4 is 17.1 Å². The molecule has 2 aromatic rings. The third-order valence-electron chi connectivity index (χ3n) is 6.66. The molecule has 2 nitrogen and oxygen atoms in total. The van der Waals surface area contributed by atoms with Crippen LogP contribution in [0.25, 0.3) is 10.4 Å². The molecule has 1 heterocycles. The smallest absolute Gasteiger partial charge is 0.133 e. The number of carbonyl (C=O) groups is 1. The fourth-order valence-corrected chi connectivity index (χ4v) is 6.23. The summed E-state index contributed by atoms with van der Waals surface area (Å²) in [5.41, 5.74) is 2.44. The molecule has 2 aliphatic rings. The third kappa shape index (κ3) is 4.85. The lowest BCUT2D eigenvalue weighted by Crippen LogP contribution is -2.35. The lowest BCUT2D eigenvalue weighted by molar-refractivity contribution is -0.122. The van der Waals surface area contributed by atoms with Crippen molar-refractivity contribution in [1.82, 2.24) is 4.98 Å². The average Bonchev–Trinajstić information content (AvgIpc) is 3.13. The van der Waals surface area contributed by atoms with E-state index in [9.17, 15) is 9.18 Å². The fraction of sp³-hybridized carbons (Fsp3) is 0.615. The number of nitrogens with zero attached hydrogens (tertiary/aromatic N) is 1. The lowest BCUT2D eigenvalue weighted by Gasteiger charge is -2.37. The Labute approximate surface area is 185 Å². The second kappa shape index (κ2) is 9.30. The zero-order valence-corrected chi connectivity index (χ0v) is 20.1. The van der Waals surface area contributed by atoms with Crippen molar-refractivity contribution in [2.24, 2.45) is 11.8 Å². The van der Waals surface area contributed by atoms with Crippen LogP contribution in [0.15, 0.2) is 24.3 Å². The van der Waals surface area contributed by atoms with Crippen LogP contribution in [0.2, 0.25) is 0 Å². The minimum absolute atomic E-state index is 0.0516. The highest BCUT2D eigenvalue weighted by Crippen LogP contribution is 2.52. The molecule has 0 radical (unpaired) electrons. The van der Waals surface area contributed by atoms with Gasteiger partial charge in [0.15, 0.2) is 0 Å². The van der Waals surface area contributed by atoms with Crippen LogP contribution in [-0.4, -0.2) is 16.4 Å². The Morgan fingerprint density at radius 3 is 2.37 bits per heavy atom. The maximum absolute atomic E-state index is 14.1. The summed E-state index contributed by atoms with van der Waals surface area (Å²) in [6.45, 7) is 11.8. The molecule has 0 unspecified atom stereocenters. The van der Waals surface area contributed by atoms with Gasteiger partial charge < -0.3 is 0 Å². The molecule has 0 N–H and O–H groups in total. The number of hydrogen-bond acceptors (Lipinski definition) is 3. The lowest BCUT2D eigenvalue weighted by atomic mass is 9.71. The molecule has 0 spiro atoms. The van der Waals surface area contributed by atoms with Gasteiger partial charge in [-0.3, -0.25) is 4.79 Å². The van der Waals surface area contributed by atoms with Crippen molar-refractivity contribution in [2.45, 2.75) is 91.2 Å². The molecular weight excluding hydrogens is 393 g/mol. The summed E-state index contributed by atoms with van der Waals surface area (Å²) >= 11 is 1.72. The van der Waals surface area contributed by atoms with Crippen molar-refractivity contribution in [2.75, 3.05) is 0 Å². The van der Waals surface area contributed by atoms with Crippen LogP contribution in [0.1, 0.15) is 94.8 Å². The summed E-state index contributed by atoms with van der Waals surface area (Å²) in [7, 11) is 0. The zero-order valence-electron chi connectivity index (χ0n) is 19.3. The van der Waals surface area contributed by atoms with Gasteiger partial charge in [0.25, 0.3) is 0 Å². The van der Waals surface area contributed by atoms with Crippen LogP contribution >= 0.6 is 11.3 Å². The number of rotatable bonds is 4. The van der Waals surface area contributed by atoms with Crippen LogP contribution in [0.3, 0.4) is 0 Å². The van der Waals surface area contributed by atoms with Crippen molar-refractivity contribution in [1.29, 1.82) is 0 Å². The molecule has 1 aromatic carbocycles. The van der Waals surface area contributed by atoms with E-state index >= 15 is 0 Å². The van der Waals surface area contributed by atoms with Crippen LogP contribution in [-0.2, 0) is 4.79 Å². The number of alkyl halides is 1. The molecule has 30 heavy (non-hydrogen) atoms. The van der Waals surface area contributed by atoms with Gasteiger partial charge in [-0.05, 0) is 57.9 Å². The van der Waals surface area contributed by atoms with E-state index < -0.39 is 5.67 Å². The van der Waals surface area contributed by atoms with Gasteiger partial charge in [0.05, 0.1) is 15.6 Å². The number of hydrogen-bond donors (Lipinski definition) is 0. The zero-order chi connectivity index (χ0) is 22.1. The van der Waals surface area contributed by atoms with Gasteiger partial charge in [0.2, 0.25) is 0 Å². The largest absolute Gasteiger partial charge is 0.300 e. The Bertz CT molecular complexity index is 862. The van der Waals surface area contributed by atoms with Gasteiger partial charge in [0, 0.05) is 17.8 Å². The van der Waals surface area contributed by atoms with Gasteiger partial charge >= 0.3 is 0 Å². The topological polar surface area (TPSA) is 30.0 Å². The van der Waals surface area contributed by atoms with E-state index in [1.807, 2.05) is 13.8 Å². The highest BCUT2D eigenvalue weighted by Gasteiger charge is 2.44. The van der Waals surface area contributed by atoms with Crippen molar-refractivity contribution in [3.05, 3.63) is 40.5 Å². The maximum Gasteiger partial charge on any atom is 0.133 e. The number of carbonyl (C=O) groups excluding carboxylic acids is 1. The summed E-state index contributed by atoms with van der Waals surface area (Å²) < 4.78 is 14.1. The third-order valence-corrected chi connectivity index (χ3v) is 7.95. The highest BCUT2D eigenvalue weighted by atomic mass is 32.1.